The summed E-state index contributed by atoms with van der Waals surface area (Å²) in [5.74, 6) is 0.170. The van der Waals surface area contributed by atoms with Gasteiger partial charge in [-0.25, -0.2) is 9.59 Å². The SMILES string of the molecule is NC1=NCCCCNC(=O)NC(N)=NCCCCNC(=O)N1. The Morgan fingerprint density at radius 3 is 1.55 bits per heavy atom. The molecule has 0 aromatic carbocycles. The summed E-state index contributed by atoms with van der Waals surface area (Å²) in [5.41, 5.74) is 11.2. The minimum absolute atomic E-state index is 0.0849. The van der Waals surface area contributed by atoms with Crippen LogP contribution in [0.4, 0.5) is 9.59 Å². The Morgan fingerprint density at radius 1 is 0.727 bits per heavy atom. The molecule has 1 aliphatic rings. The summed E-state index contributed by atoms with van der Waals surface area (Å²) in [6.45, 7) is 1.92. The maximum atomic E-state index is 11.5. The van der Waals surface area contributed by atoms with Gasteiger partial charge in [0.2, 0.25) is 0 Å². The van der Waals surface area contributed by atoms with Crippen LogP contribution in [0.3, 0.4) is 0 Å². The quantitative estimate of drug-likeness (QED) is 0.331. The third kappa shape index (κ3) is 8.61. The molecule has 0 spiro atoms. The van der Waals surface area contributed by atoms with Gasteiger partial charge in [-0.3, -0.25) is 20.6 Å². The molecule has 0 fully saturated rings. The molecule has 1 aliphatic heterocycles. The maximum absolute atomic E-state index is 11.5. The van der Waals surface area contributed by atoms with E-state index < -0.39 is 0 Å². The monoisotopic (exact) mass is 312 g/mol. The number of hydrogen-bond donors (Lipinski definition) is 6. The van der Waals surface area contributed by atoms with Crippen LogP contribution >= 0.6 is 0 Å². The lowest BCUT2D eigenvalue weighted by Crippen LogP contribution is -2.44. The van der Waals surface area contributed by atoms with E-state index in [0.717, 1.165) is 25.7 Å². The van der Waals surface area contributed by atoms with Crippen molar-refractivity contribution in [1.29, 1.82) is 0 Å². The summed E-state index contributed by atoms with van der Waals surface area (Å²) >= 11 is 0. The molecule has 0 radical (unpaired) electrons. The number of nitrogens with zero attached hydrogens (tertiary/aromatic N) is 2. The van der Waals surface area contributed by atoms with Gasteiger partial charge >= 0.3 is 12.1 Å². The number of guanidine groups is 2. The van der Waals surface area contributed by atoms with Crippen LogP contribution in [0.25, 0.3) is 0 Å². The highest BCUT2D eigenvalue weighted by molar-refractivity contribution is 5.95. The Labute approximate surface area is 129 Å². The van der Waals surface area contributed by atoms with Crippen molar-refractivity contribution in [1.82, 2.24) is 21.3 Å². The van der Waals surface area contributed by atoms with E-state index in [1.165, 1.54) is 0 Å². The van der Waals surface area contributed by atoms with Gasteiger partial charge in [0.25, 0.3) is 0 Å². The van der Waals surface area contributed by atoms with Crippen molar-refractivity contribution in [3.63, 3.8) is 0 Å². The lowest BCUT2D eigenvalue weighted by Gasteiger charge is -2.09. The number of rotatable bonds is 0. The molecule has 0 bridgehead atoms. The average molecular weight is 312 g/mol. The van der Waals surface area contributed by atoms with E-state index in [1.807, 2.05) is 0 Å². The fraction of sp³-hybridized carbons (Fsp3) is 0.667. The van der Waals surface area contributed by atoms with Gasteiger partial charge in [-0.1, -0.05) is 0 Å². The molecule has 0 aromatic heterocycles. The molecule has 1 heterocycles. The highest BCUT2D eigenvalue weighted by atomic mass is 16.2. The van der Waals surface area contributed by atoms with Crippen molar-refractivity contribution in [2.75, 3.05) is 26.2 Å². The highest BCUT2D eigenvalue weighted by Crippen LogP contribution is 1.90. The molecule has 0 unspecified atom stereocenters. The van der Waals surface area contributed by atoms with Crippen molar-refractivity contribution in [3.8, 4) is 0 Å². The summed E-state index contributed by atoms with van der Waals surface area (Å²) in [6, 6.07) is -0.751. The highest BCUT2D eigenvalue weighted by Gasteiger charge is 2.03. The Kier molecular flexibility index (Phi) is 8.16. The lowest BCUT2D eigenvalue weighted by molar-refractivity contribution is 0.244. The summed E-state index contributed by atoms with van der Waals surface area (Å²) in [5, 5.41) is 10.2. The molecule has 124 valence electrons. The van der Waals surface area contributed by atoms with E-state index in [0.29, 0.717) is 26.2 Å². The summed E-state index contributed by atoms with van der Waals surface area (Å²) in [6.07, 6.45) is 2.92. The molecule has 10 heteroatoms. The number of urea groups is 2. The number of nitrogens with two attached hydrogens (primary N) is 2. The average Bonchev–Trinajstić information content (AvgIpc) is 2.45. The van der Waals surface area contributed by atoms with Crippen LogP contribution in [0.1, 0.15) is 25.7 Å². The second kappa shape index (κ2) is 10.2. The van der Waals surface area contributed by atoms with Gasteiger partial charge < -0.3 is 22.1 Å². The second-order valence-electron chi connectivity index (χ2n) is 4.71. The topological polar surface area (TPSA) is 159 Å². The molecule has 22 heavy (non-hydrogen) atoms. The molecule has 4 amide bonds. The molecular weight excluding hydrogens is 288 g/mol. The fourth-order valence-electron chi connectivity index (χ4n) is 1.68. The molecule has 0 aromatic rings. The molecule has 0 saturated carbocycles. The molecule has 0 atom stereocenters. The Morgan fingerprint density at radius 2 is 1.14 bits per heavy atom. The van der Waals surface area contributed by atoms with Gasteiger partial charge in [-0.05, 0) is 25.7 Å². The molecular formula is C12H24N8O2. The van der Waals surface area contributed by atoms with E-state index in [2.05, 4.69) is 31.3 Å². The van der Waals surface area contributed by atoms with Crippen LogP contribution < -0.4 is 32.7 Å². The van der Waals surface area contributed by atoms with E-state index in [9.17, 15) is 9.59 Å². The van der Waals surface area contributed by atoms with E-state index in [1.54, 1.807) is 0 Å². The smallest absolute Gasteiger partial charge is 0.321 e. The third-order valence-corrected chi connectivity index (χ3v) is 2.79. The Bertz CT molecular complexity index is 395. The minimum Gasteiger partial charge on any atom is -0.370 e. The zero-order valence-corrected chi connectivity index (χ0v) is 12.5. The van der Waals surface area contributed by atoms with Crippen LogP contribution in [-0.4, -0.2) is 50.2 Å². The number of hydrogen-bond acceptors (Lipinski definition) is 6. The minimum atomic E-state index is -0.376. The Hall–Kier alpha value is -2.52. The van der Waals surface area contributed by atoms with E-state index in [4.69, 9.17) is 11.5 Å². The second-order valence-corrected chi connectivity index (χ2v) is 4.71. The van der Waals surface area contributed by atoms with Gasteiger partial charge in [-0.2, -0.15) is 0 Å². The van der Waals surface area contributed by atoms with Gasteiger partial charge in [0.05, 0.1) is 0 Å². The summed E-state index contributed by atoms with van der Waals surface area (Å²) in [7, 11) is 0. The first-order chi connectivity index (χ1) is 10.6. The van der Waals surface area contributed by atoms with Crippen LogP contribution in [0.2, 0.25) is 0 Å². The zero-order chi connectivity index (χ0) is 16.2. The summed E-state index contributed by atoms with van der Waals surface area (Å²) < 4.78 is 0. The number of aliphatic imine (C=N–C) groups is 2. The predicted molar refractivity (Wildman–Crippen MR) is 84.5 cm³/mol. The van der Waals surface area contributed by atoms with Gasteiger partial charge in [0.15, 0.2) is 11.9 Å². The van der Waals surface area contributed by atoms with Gasteiger partial charge in [0.1, 0.15) is 0 Å². The first-order valence-electron chi connectivity index (χ1n) is 7.27. The zero-order valence-electron chi connectivity index (χ0n) is 12.5. The fourth-order valence-corrected chi connectivity index (χ4v) is 1.68. The van der Waals surface area contributed by atoms with E-state index >= 15 is 0 Å². The number of nitrogens with one attached hydrogen (secondary N) is 4. The normalized spacial score (nSPS) is 20.0. The standard InChI is InChI=1S/C12H24N8O2/c13-9-15-5-1-3-7-17-11(21)20-10(14)16-6-2-4-8-18-12(22)19-9/h1-8H2,(H4,13,15,18,19,22)(H4,14,16,17,20,21). The van der Waals surface area contributed by atoms with Crippen molar-refractivity contribution in [2.24, 2.45) is 21.5 Å². The predicted octanol–water partition coefficient (Wildman–Crippen LogP) is -1.21. The van der Waals surface area contributed by atoms with Crippen molar-refractivity contribution in [3.05, 3.63) is 0 Å². The van der Waals surface area contributed by atoms with Crippen molar-refractivity contribution < 1.29 is 9.59 Å². The Balaban J connectivity index is 2.48. The molecule has 8 N–H and O–H groups in total. The lowest BCUT2D eigenvalue weighted by atomic mass is 10.3. The molecule has 1 rings (SSSR count). The summed E-state index contributed by atoms with van der Waals surface area (Å²) in [4.78, 5) is 31.0. The van der Waals surface area contributed by atoms with Crippen LogP contribution in [0, 0.1) is 0 Å². The van der Waals surface area contributed by atoms with Crippen molar-refractivity contribution >= 4 is 24.0 Å². The van der Waals surface area contributed by atoms with E-state index in [-0.39, 0.29) is 24.0 Å². The maximum Gasteiger partial charge on any atom is 0.321 e. The largest absolute Gasteiger partial charge is 0.370 e. The molecule has 0 saturated heterocycles. The molecule has 10 nitrogen and oxygen atoms in total. The van der Waals surface area contributed by atoms with Crippen LogP contribution in [0.5, 0.6) is 0 Å². The third-order valence-electron chi connectivity index (χ3n) is 2.79. The number of amides is 4. The van der Waals surface area contributed by atoms with Crippen LogP contribution in [0.15, 0.2) is 9.98 Å². The first-order valence-corrected chi connectivity index (χ1v) is 7.27. The van der Waals surface area contributed by atoms with Gasteiger partial charge in [0, 0.05) is 26.2 Å². The van der Waals surface area contributed by atoms with Crippen molar-refractivity contribution in [2.45, 2.75) is 25.7 Å². The van der Waals surface area contributed by atoms with Gasteiger partial charge in [-0.15, -0.1) is 0 Å². The van der Waals surface area contributed by atoms with Crippen LogP contribution in [-0.2, 0) is 0 Å². The first kappa shape index (κ1) is 17.5. The number of carbonyl (C=O) groups excluding carboxylic acids is 2. The number of carbonyl (C=O) groups is 2. The molecule has 0 aliphatic carbocycles.